The second-order valence-corrected chi connectivity index (χ2v) is 17.8. The average molecular weight is 755 g/mol. The average Bonchev–Trinajstić information content (AvgIpc) is 3.25. The second-order valence-electron chi connectivity index (χ2n) is 17.8. The van der Waals surface area contributed by atoms with Crippen LogP contribution in [0.3, 0.4) is 0 Å². The molecule has 2 nitrogen and oxygen atoms in total. The summed E-state index contributed by atoms with van der Waals surface area (Å²) in [6.07, 6.45) is 27.3. The van der Waals surface area contributed by atoms with Gasteiger partial charge >= 0.3 is 0 Å². The minimum absolute atomic E-state index is 0.240. The van der Waals surface area contributed by atoms with Crippen LogP contribution in [0.5, 0.6) is 0 Å². The highest BCUT2D eigenvalue weighted by Crippen LogP contribution is 2.38. The van der Waals surface area contributed by atoms with E-state index in [0.717, 1.165) is 34.8 Å². The normalized spacial score (nSPS) is 21.1. The minimum atomic E-state index is -0.240. The number of hydrogen-bond acceptors (Lipinski definition) is 2. The fraction of sp³-hybridized carbons (Fsp3) is 0.556. The number of aryl methyl sites for hydroxylation is 2. The molecule has 302 valence electrons. The molecular weight excluding hydrogens is 681 g/mol. The zero-order chi connectivity index (χ0) is 38.6. The van der Waals surface area contributed by atoms with E-state index in [0.29, 0.717) is 13.2 Å². The van der Waals surface area contributed by atoms with E-state index < -0.39 is 0 Å². The Balaban J connectivity index is 0.988. The Morgan fingerprint density at radius 1 is 0.393 bits per heavy atom. The fourth-order valence-corrected chi connectivity index (χ4v) is 9.94. The number of benzene rings is 4. The summed E-state index contributed by atoms with van der Waals surface area (Å²) in [6, 6.07) is 39.7. The van der Waals surface area contributed by atoms with Crippen molar-refractivity contribution in [2.75, 3.05) is 0 Å². The molecule has 0 radical (unpaired) electrons. The summed E-state index contributed by atoms with van der Waals surface area (Å²) >= 11 is 0. The van der Waals surface area contributed by atoms with E-state index in [-0.39, 0.29) is 12.2 Å². The monoisotopic (exact) mass is 755 g/mol. The van der Waals surface area contributed by atoms with Crippen LogP contribution in [0.25, 0.3) is 0 Å². The lowest BCUT2D eigenvalue weighted by Crippen LogP contribution is -2.18. The Labute approximate surface area is 342 Å². The summed E-state index contributed by atoms with van der Waals surface area (Å²) in [5, 5.41) is 0. The van der Waals surface area contributed by atoms with Gasteiger partial charge < -0.3 is 9.47 Å². The molecule has 6 rings (SSSR count). The Bertz CT molecular complexity index is 1460. The fourth-order valence-electron chi connectivity index (χ4n) is 9.94. The van der Waals surface area contributed by atoms with E-state index in [4.69, 9.17) is 9.47 Å². The molecule has 2 aliphatic rings. The zero-order valence-electron chi connectivity index (χ0n) is 35.2. The van der Waals surface area contributed by atoms with Crippen molar-refractivity contribution >= 4 is 0 Å². The van der Waals surface area contributed by atoms with Crippen LogP contribution in [0.2, 0.25) is 0 Å². The molecule has 0 heterocycles. The van der Waals surface area contributed by atoms with Crippen LogP contribution >= 0.6 is 0 Å². The lowest BCUT2D eigenvalue weighted by atomic mass is 9.78. The van der Waals surface area contributed by atoms with Gasteiger partial charge in [0.25, 0.3) is 0 Å². The van der Waals surface area contributed by atoms with Crippen molar-refractivity contribution in [2.45, 2.75) is 168 Å². The van der Waals surface area contributed by atoms with Crippen LogP contribution in [0.15, 0.2) is 109 Å². The minimum Gasteiger partial charge on any atom is -0.366 e. The van der Waals surface area contributed by atoms with E-state index >= 15 is 0 Å². The van der Waals surface area contributed by atoms with Gasteiger partial charge in [-0.1, -0.05) is 226 Å². The Morgan fingerprint density at radius 2 is 0.714 bits per heavy atom. The van der Waals surface area contributed by atoms with Gasteiger partial charge in [0.05, 0.1) is 13.2 Å². The molecule has 4 aromatic carbocycles. The van der Waals surface area contributed by atoms with Gasteiger partial charge in [-0.15, -0.1) is 0 Å². The van der Waals surface area contributed by atoms with Crippen LogP contribution in [0.1, 0.15) is 175 Å². The van der Waals surface area contributed by atoms with Crippen molar-refractivity contribution in [1.82, 2.24) is 0 Å². The molecular formula is C54H74O2. The first-order valence-electron chi connectivity index (χ1n) is 23.2. The van der Waals surface area contributed by atoms with E-state index in [1.165, 1.54) is 151 Å². The maximum atomic E-state index is 6.86. The summed E-state index contributed by atoms with van der Waals surface area (Å²) in [7, 11) is 0. The van der Waals surface area contributed by atoms with Crippen molar-refractivity contribution in [1.29, 1.82) is 0 Å². The lowest BCUT2D eigenvalue weighted by Gasteiger charge is -2.29. The summed E-state index contributed by atoms with van der Waals surface area (Å²) in [4.78, 5) is 0. The molecule has 0 aromatic heterocycles. The number of unbranched alkanes of at least 4 members (excludes halogenated alkanes) is 2. The molecule has 0 bridgehead atoms. The third-order valence-electron chi connectivity index (χ3n) is 13.4. The van der Waals surface area contributed by atoms with Gasteiger partial charge in [0, 0.05) is 0 Å². The van der Waals surface area contributed by atoms with Crippen molar-refractivity contribution in [3.05, 3.63) is 143 Å². The maximum Gasteiger partial charge on any atom is 0.113 e. The first kappa shape index (κ1) is 42.4. The van der Waals surface area contributed by atoms with Crippen LogP contribution in [-0.4, -0.2) is 0 Å². The molecule has 0 N–H and O–H groups in total. The number of rotatable bonds is 23. The standard InChI is InChI=1S/C54H74O2/c1-3-15-43-25-29-45(30-26-43)17-11-13-19-47-33-37-49(38-34-47)41-55-53(51-21-7-5-8-22-51)54(52-23-9-6-10-24-52)56-42-50-39-35-48(36-40-50)20-14-12-18-46-31-27-44(16-4-2)28-32-46/h5-10,21-24,33-40,43-46,53-54H,3-4,11-20,25-32,41-42H2,1-2H3/t43?,44?,45?,46?,53-,54-/m1/s1. The lowest BCUT2D eigenvalue weighted by molar-refractivity contribution is -0.0908. The van der Waals surface area contributed by atoms with Gasteiger partial charge in [0.2, 0.25) is 0 Å². The van der Waals surface area contributed by atoms with E-state index in [9.17, 15) is 0 Å². The molecule has 56 heavy (non-hydrogen) atoms. The molecule has 0 amide bonds. The van der Waals surface area contributed by atoms with Crippen molar-refractivity contribution in [3.8, 4) is 0 Å². The molecule has 0 saturated heterocycles. The highest BCUT2D eigenvalue weighted by molar-refractivity contribution is 5.27. The number of ether oxygens (including phenoxy) is 2. The highest BCUT2D eigenvalue weighted by Gasteiger charge is 2.27. The Kier molecular flexibility index (Phi) is 18.1. The van der Waals surface area contributed by atoms with Gasteiger partial charge in [-0.05, 0) is 82.7 Å². The van der Waals surface area contributed by atoms with E-state index in [2.05, 4.69) is 123 Å². The third-order valence-corrected chi connectivity index (χ3v) is 13.4. The van der Waals surface area contributed by atoms with Crippen LogP contribution < -0.4 is 0 Å². The van der Waals surface area contributed by atoms with Gasteiger partial charge in [0.1, 0.15) is 12.2 Å². The first-order chi connectivity index (χ1) is 27.7. The van der Waals surface area contributed by atoms with Gasteiger partial charge in [-0.3, -0.25) is 0 Å². The Hall–Kier alpha value is -3.20. The predicted molar refractivity (Wildman–Crippen MR) is 237 cm³/mol. The molecule has 2 atom stereocenters. The van der Waals surface area contributed by atoms with Crippen molar-refractivity contribution < 1.29 is 9.47 Å². The third kappa shape index (κ3) is 14.0. The van der Waals surface area contributed by atoms with Crippen molar-refractivity contribution in [3.63, 3.8) is 0 Å². The van der Waals surface area contributed by atoms with Crippen LogP contribution in [-0.2, 0) is 35.5 Å². The predicted octanol–water partition coefficient (Wildman–Crippen LogP) is 15.5. The Morgan fingerprint density at radius 3 is 1.05 bits per heavy atom. The van der Waals surface area contributed by atoms with Gasteiger partial charge in [0.15, 0.2) is 0 Å². The molecule has 2 heteroatoms. The molecule has 2 saturated carbocycles. The quantitative estimate of drug-likeness (QED) is 0.0702. The smallest absolute Gasteiger partial charge is 0.113 e. The topological polar surface area (TPSA) is 18.5 Å². The molecule has 0 spiro atoms. The number of hydrogen-bond donors (Lipinski definition) is 0. The van der Waals surface area contributed by atoms with Crippen LogP contribution in [0, 0.1) is 23.7 Å². The summed E-state index contributed by atoms with van der Waals surface area (Å²) in [5.41, 5.74) is 7.58. The van der Waals surface area contributed by atoms with Gasteiger partial charge in [-0.2, -0.15) is 0 Å². The van der Waals surface area contributed by atoms with E-state index in [1.54, 1.807) is 0 Å². The summed E-state index contributed by atoms with van der Waals surface area (Å²) < 4.78 is 13.7. The summed E-state index contributed by atoms with van der Waals surface area (Å²) in [5.74, 6) is 3.96. The maximum absolute atomic E-state index is 6.86. The molecule has 4 aromatic rings. The second kappa shape index (κ2) is 23.9. The largest absolute Gasteiger partial charge is 0.366 e. The molecule has 0 unspecified atom stereocenters. The first-order valence-corrected chi connectivity index (χ1v) is 23.2. The molecule has 2 aliphatic carbocycles. The molecule has 2 fully saturated rings. The van der Waals surface area contributed by atoms with E-state index in [1.807, 2.05) is 0 Å². The van der Waals surface area contributed by atoms with Crippen molar-refractivity contribution in [2.24, 2.45) is 23.7 Å². The zero-order valence-corrected chi connectivity index (χ0v) is 35.2. The SMILES string of the molecule is CCCC1CCC(CCCCc2ccc(CO[C@H](c3ccccc3)[C@H](OCc3ccc(CCCCC4CCC(CCC)CC4)cc3)c3ccccc3)cc2)CC1. The molecule has 0 aliphatic heterocycles. The van der Waals surface area contributed by atoms with Crippen LogP contribution in [0.4, 0.5) is 0 Å². The highest BCUT2D eigenvalue weighted by atomic mass is 16.5. The van der Waals surface area contributed by atoms with Gasteiger partial charge in [-0.25, -0.2) is 0 Å². The summed E-state index contributed by atoms with van der Waals surface area (Å²) in [6.45, 7) is 5.76.